The monoisotopic (exact) mass is 391 g/mol. The van der Waals surface area contributed by atoms with Crippen molar-refractivity contribution in [3.05, 3.63) is 59.4 Å². The molecule has 142 valence electrons. The number of rotatable bonds is 3. The van der Waals surface area contributed by atoms with Gasteiger partial charge in [0.25, 0.3) is 0 Å². The van der Waals surface area contributed by atoms with E-state index in [1.165, 1.54) is 10.4 Å². The number of nitrogens with one attached hydrogen (secondary N) is 1. The van der Waals surface area contributed by atoms with Crippen molar-refractivity contribution >= 4 is 21.1 Å². The number of aromatic nitrogens is 2. The van der Waals surface area contributed by atoms with Crippen LogP contribution < -0.4 is 0 Å². The van der Waals surface area contributed by atoms with E-state index in [0.717, 1.165) is 41.0 Å². The molecule has 0 saturated carbocycles. The second kappa shape index (κ2) is 6.69. The van der Waals surface area contributed by atoms with Crippen LogP contribution in [-0.4, -0.2) is 35.8 Å². The molecule has 27 heavy (non-hydrogen) atoms. The normalized spacial score (nSPS) is 18.9. The molecule has 1 fully saturated rings. The number of fused-ring (bicyclic) bond motifs is 1. The first-order valence-electron chi connectivity index (χ1n) is 8.76. The highest BCUT2D eigenvalue weighted by molar-refractivity contribution is 7.89. The van der Waals surface area contributed by atoms with Crippen LogP contribution in [0.3, 0.4) is 0 Å². The molecular weight excluding hydrogens is 372 g/mol. The fourth-order valence-corrected chi connectivity index (χ4v) is 5.14. The number of piperidine rings is 1. The molecular formula is C19H19F2N3O2S. The summed E-state index contributed by atoms with van der Waals surface area (Å²) in [6.07, 6.45) is 1.40. The Bertz CT molecular complexity index is 1110. The van der Waals surface area contributed by atoms with E-state index in [2.05, 4.69) is 9.97 Å². The third-order valence-electron chi connectivity index (χ3n) is 4.96. The Hall–Kier alpha value is -2.32. The maximum absolute atomic E-state index is 14.1. The molecule has 1 atom stereocenters. The number of hydrogen-bond acceptors (Lipinski definition) is 3. The minimum Gasteiger partial charge on any atom is -0.342 e. The van der Waals surface area contributed by atoms with Crippen LogP contribution >= 0.6 is 0 Å². The number of nitrogens with zero attached hydrogens (tertiary/aromatic N) is 2. The molecule has 1 N–H and O–H groups in total. The van der Waals surface area contributed by atoms with E-state index in [1.807, 2.05) is 25.1 Å². The van der Waals surface area contributed by atoms with Crippen LogP contribution in [0.5, 0.6) is 0 Å². The van der Waals surface area contributed by atoms with Crippen LogP contribution in [0.4, 0.5) is 8.78 Å². The van der Waals surface area contributed by atoms with Gasteiger partial charge in [0, 0.05) is 19.0 Å². The SMILES string of the molecule is Cc1ccc2nc([C@@H]3CCCN(S(=O)(=O)c4cccc(F)c4F)C3)[nH]c2c1. The van der Waals surface area contributed by atoms with Gasteiger partial charge >= 0.3 is 0 Å². The molecule has 8 heteroatoms. The van der Waals surface area contributed by atoms with E-state index in [9.17, 15) is 17.2 Å². The molecule has 0 bridgehead atoms. The molecule has 5 nitrogen and oxygen atoms in total. The van der Waals surface area contributed by atoms with E-state index >= 15 is 0 Å². The van der Waals surface area contributed by atoms with Crippen LogP contribution in [0, 0.1) is 18.6 Å². The van der Waals surface area contributed by atoms with E-state index in [0.29, 0.717) is 6.42 Å². The first-order valence-corrected chi connectivity index (χ1v) is 10.2. The highest BCUT2D eigenvalue weighted by atomic mass is 32.2. The van der Waals surface area contributed by atoms with E-state index in [-0.39, 0.29) is 19.0 Å². The average Bonchev–Trinajstić information content (AvgIpc) is 3.07. The van der Waals surface area contributed by atoms with Crippen LogP contribution in [0.2, 0.25) is 0 Å². The summed E-state index contributed by atoms with van der Waals surface area (Å²) in [4.78, 5) is 7.24. The molecule has 0 unspecified atom stereocenters. The largest absolute Gasteiger partial charge is 0.342 e. The van der Waals surface area contributed by atoms with Crippen LogP contribution in [-0.2, 0) is 10.0 Å². The highest BCUT2D eigenvalue weighted by Gasteiger charge is 2.34. The van der Waals surface area contributed by atoms with Gasteiger partial charge in [-0.1, -0.05) is 12.1 Å². The Morgan fingerprint density at radius 3 is 2.85 bits per heavy atom. The molecule has 1 aromatic heterocycles. The van der Waals surface area contributed by atoms with Gasteiger partial charge in [0.05, 0.1) is 11.0 Å². The molecule has 1 aliphatic heterocycles. The third-order valence-corrected chi connectivity index (χ3v) is 6.84. The maximum atomic E-state index is 14.1. The molecule has 2 aromatic carbocycles. The van der Waals surface area contributed by atoms with Crippen LogP contribution in [0.1, 0.15) is 30.1 Å². The van der Waals surface area contributed by atoms with Gasteiger partial charge < -0.3 is 4.98 Å². The second-order valence-electron chi connectivity index (χ2n) is 6.90. The smallest absolute Gasteiger partial charge is 0.246 e. The van der Waals surface area contributed by atoms with Gasteiger partial charge in [0.15, 0.2) is 11.6 Å². The quantitative estimate of drug-likeness (QED) is 0.740. The lowest BCUT2D eigenvalue weighted by Crippen LogP contribution is -2.39. The lowest BCUT2D eigenvalue weighted by molar-refractivity contribution is 0.308. The first kappa shape index (κ1) is 18.1. The topological polar surface area (TPSA) is 66.1 Å². The van der Waals surface area contributed by atoms with Gasteiger partial charge in [-0.15, -0.1) is 0 Å². The summed E-state index contributed by atoms with van der Waals surface area (Å²) in [5, 5.41) is 0. The molecule has 0 aliphatic carbocycles. The molecule has 1 saturated heterocycles. The van der Waals surface area contributed by atoms with Crippen molar-refractivity contribution in [2.75, 3.05) is 13.1 Å². The average molecular weight is 391 g/mol. The number of H-pyrrole nitrogens is 1. The highest BCUT2D eigenvalue weighted by Crippen LogP contribution is 2.31. The van der Waals surface area contributed by atoms with Gasteiger partial charge in [-0.05, 0) is 49.6 Å². The Balaban J connectivity index is 1.64. The number of aromatic amines is 1. The van der Waals surface area contributed by atoms with Gasteiger partial charge in [-0.3, -0.25) is 0 Å². The van der Waals surface area contributed by atoms with Crippen molar-refractivity contribution in [3.63, 3.8) is 0 Å². The number of aryl methyl sites for hydroxylation is 1. The summed E-state index contributed by atoms with van der Waals surface area (Å²) >= 11 is 0. The summed E-state index contributed by atoms with van der Waals surface area (Å²) < 4.78 is 54.5. The number of sulfonamides is 1. The van der Waals surface area contributed by atoms with Gasteiger partial charge in [-0.2, -0.15) is 4.31 Å². The summed E-state index contributed by atoms with van der Waals surface area (Å²) in [6.45, 7) is 2.44. The van der Waals surface area contributed by atoms with E-state index in [1.54, 1.807) is 0 Å². The minimum atomic E-state index is -4.12. The standard InChI is InChI=1S/C19H19F2N3O2S/c1-12-7-8-15-16(10-12)23-19(22-15)13-4-3-9-24(11-13)27(25,26)17-6-2-5-14(20)18(17)21/h2,5-8,10,13H,3-4,9,11H2,1H3,(H,22,23)/t13-/m1/s1. The number of imidazole rings is 1. The van der Waals surface area contributed by atoms with E-state index < -0.39 is 26.6 Å². The fraction of sp³-hybridized carbons (Fsp3) is 0.316. The molecule has 2 heterocycles. The number of halogens is 2. The Kier molecular flexibility index (Phi) is 4.47. The van der Waals surface area contributed by atoms with Crippen molar-refractivity contribution < 1.29 is 17.2 Å². The summed E-state index contributed by atoms with van der Waals surface area (Å²) in [7, 11) is -4.12. The van der Waals surface area contributed by atoms with Gasteiger partial charge in [0.2, 0.25) is 10.0 Å². The molecule has 0 spiro atoms. The first-order chi connectivity index (χ1) is 12.9. The zero-order valence-corrected chi connectivity index (χ0v) is 15.6. The van der Waals surface area contributed by atoms with Crippen LogP contribution in [0.25, 0.3) is 11.0 Å². The van der Waals surface area contributed by atoms with Crippen molar-refractivity contribution in [1.82, 2.24) is 14.3 Å². The molecule has 0 radical (unpaired) electrons. The van der Waals surface area contributed by atoms with Crippen LogP contribution in [0.15, 0.2) is 41.3 Å². The van der Waals surface area contributed by atoms with E-state index in [4.69, 9.17) is 0 Å². The lowest BCUT2D eigenvalue weighted by atomic mass is 9.99. The second-order valence-corrected chi connectivity index (χ2v) is 8.80. The maximum Gasteiger partial charge on any atom is 0.246 e. The Morgan fingerprint density at radius 2 is 2.04 bits per heavy atom. The minimum absolute atomic E-state index is 0.127. The fourth-order valence-electron chi connectivity index (χ4n) is 3.54. The zero-order valence-electron chi connectivity index (χ0n) is 14.7. The predicted octanol–water partition coefficient (Wildman–Crippen LogP) is 3.72. The van der Waals surface area contributed by atoms with Crippen molar-refractivity contribution in [3.8, 4) is 0 Å². The predicted molar refractivity (Wildman–Crippen MR) is 97.9 cm³/mol. The summed E-state index contributed by atoms with van der Waals surface area (Å²) in [5.74, 6) is -1.91. The van der Waals surface area contributed by atoms with Crippen molar-refractivity contribution in [2.24, 2.45) is 0 Å². The third kappa shape index (κ3) is 3.23. The molecule has 0 amide bonds. The number of hydrogen-bond donors (Lipinski definition) is 1. The molecule has 3 aromatic rings. The van der Waals surface area contributed by atoms with Gasteiger partial charge in [0.1, 0.15) is 10.7 Å². The Morgan fingerprint density at radius 1 is 1.22 bits per heavy atom. The zero-order chi connectivity index (χ0) is 19.2. The van der Waals surface area contributed by atoms with Crippen molar-refractivity contribution in [1.29, 1.82) is 0 Å². The lowest BCUT2D eigenvalue weighted by Gasteiger charge is -2.31. The summed E-state index contributed by atoms with van der Waals surface area (Å²) in [6, 6.07) is 9.09. The summed E-state index contributed by atoms with van der Waals surface area (Å²) in [5.41, 5.74) is 2.83. The molecule has 4 rings (SSSR count). The van der Waals surface area contributed by atoms with Crippen molar-refractivity contribution in [2.45, 2.75) is 30.6 Å². The molecule has 1 aliphatic rings. The number of benzene rings is 2. The Labute approximate surface area is 156 Å². The van der Waals surface area contributed by atoms with Gasteiger partial charge in [-0.25, -0.2) is 22.2 Å².